The van der Waals surface area contributed by atoms with Gasteiger partial charge in [0.25, 0.3) is 0 Å². The molecular formula is C11H13BrN4OS. The first-order valence-electron chi connectivity index (χ1n) is 5.61. The van der Waals surface area contributed by atoms with E-state index in [4.69, 9.17) is 0 Å². The number of aryl methyl sites for hydroxylation is 1. The van der Waals surface area contributed by atoms with Crippen molar-refractivity contribution in [3.8, 4) is 0 Å². The number of thiazole rings is 1. The van der Waals surface area contributed by atoms with Gasteiger partial charge in [0.1, 0.15) is 16.2 Å². The van der Waals surface area contributed by atoms with Crippen LogP contribution in [0.5, 0.6) is 0 Å². The molecule has 7 heteroatoms. The second-order valence-corrected chi connectivity index (χ2v) is 5.42. The molecule has 5 nitrogen and oxygen atoms in total. The fourth-order valence-electron chi connectivity index (χ4n) is 1.48. The molecule has 96 valence electrons. The molecule has 0 amide bonds. The molecule has 0 radical (unpaired) electrons. The minimum absolute atomic E-state index is 0.0395. The van der Waals surface area contributed by atoms with Crippen LogP contribution in [-0.2, 0) is 13.0 Å². The lowest BCUT2D eigenvalue weighted by molar-refractivity contribution is 0.827. The van der Waals surface area contributed by atoms with Gasteiger partial charge in [-0.05, 0) is 22.4 Å². The highest BCUT2D eigenvalue weighted by molar-refractivity contribution is 9.10. The van der Waals surface area contributed by atoms with Crippen molar-refractivity contribution in [2.45, 2.75) is 26.3 Å². The van der Waals surface area contributed by atoms with Crippen molar-refractivity contribution >= 4 is 33.1 Å². The molecule has 0 bridgehead atoms. The van der Waals surface area contributed by atoms with Crippen molar-refractivity contribution < 1.29 is 0 Å². The number of aromatic nitrogens is 3. The lowest BCUT2D eigenvalue weighted by Gasteiger charge is -2.06. The minimum atomic E-state index is -0.0395. The van der Waals surface area contributed by atoms with Crippen molar-refractivity contribution in [1.82, 2.24) is 15.0 Å². The molecule has 2 heterocycles. The zero-order valence-electron chi connectivity index (χ0n) is 9.86. The van der Waals surface area contributed by atoms with E-state index in [9.17, 15) is 4.79 Å². The van der Waals surface area contributed by atoms with Gasteiger partial charge in [-0.1, -0.05) is 18.3 Å². The van der Waals surface area contributed by atoms with Gasteiger partial charge in [0.2, 0.25) is 0 Å². The Balaban J connectivity index is 2.06. The summed E-state index contributed by atoms with van der Waals surface area (Å²) in [5.41, 5.74) is 0.858. The lowest BCUT2D eigenvalue weighted by atomic mass is 10.3. The van der Waals surface area contributed by atoms with E-state index in [0.29, 0.717) is 6.54 Å². The van der Waals surface area contributed by atoms with Gasteiger partial charge in [-0.2, -0.15) is 0 Å². The average molecular weight is 329 g/mol. The quantitative estimate of drug-likeness (QED) is 0.827. The first kappa shape index (κ1) is 13.2. The predicted molar refractivity (Wildman–Crippen MR) is 76.0 cm³/mol. The van der Waals surface area contributed by atoms with Crippen molar-refractivity contribution in [2.24, 2.45) is 0 Å². The number of anilines is 1. The molecule has 0 saturated heterocycles. The number of hydrogen-bond donors (Lipinski definition) is 2. The summed E-state index contributed by atoms with van der Waals surface area (Å²) in [6.07, 6.45) is 1.86. The summed E-state index contributed by atoms with van der Waals surface area (Å²) in [4.78, 5) is 22.4. The van der Waals surface area contributed by atoms with E-state index in [2.05, 4.69) is 43.1 Å². The zero-order valence-corrected chi connectivity index (χ0v) is 12.3. The summed E-state index contributed by atoms with van der Waals surface area (Å²) in [5.74, 6) is 1.57. The topological polar surface area (TPSA) is 70.7 Å². The van der Waals surface area contributed by atoms with E-state index >= 15 is 0 Å². The molecule has 0 aliphatic heterocycles. The highest BCUT2D eigenvalue weighted by Crippen LogP contribution is 2.14. The Labute approximate surface area is 117 Å². The van der Waals surface area contributed by atoms with E-state index in [1.165, 1.54) is 0 Å². The lowest BCUT2D eigenvalue weighted by Crippen LogP contribution is -2.06. The summed E-state index contributed by atoms with van der Waals surface area (Å²) in [6.45, 7) is 2.64. The minimum Gasteiger partial charge on any atom is -0.364 e. The number of nitrogens with one attached hydrogen (secondary N) is 2. The Morgan fingerprint density at radius 2 is 2.33 bits per heavy atom. The Morgan fingerprint density at radius 3 is 3.00 bits per heavy atom. The molecule has 2 N–H and O–H groups in total. The van der Waals surface area contributed by atoms with Gasteiger partial charge < -0.3 is 10.3 Å². The molecule has 0 spiro atoms. The second-order valence-electron chi connectivity index (χ2n) is 3.77. The van der Waals surface area contributed by atoms with E-state index in [0.717, 1.165) is 46.1 Å². The Kier molecular flexibility index (Phi) is 4.48. The number of nitrogens with zero attached hydrogens (tertiary/aromatic N) is 2. The van der Waals surface area contributed by atoms with Gasteiger partial charge in [-0.25, -0.2) is 9.97 Å². The van der Waals surface area contributed by atoms with Gasteiger partial charge in [0.05, 0.1) is 6.54 Å². The van der Waals surface area contributed by atoms with Gasteiger partial charge in [0, 0.05) is 23.6 Å². The Morgan fingerprint density at radius 1 is 1.50 bits per heavy atom. The maximum Gasteiger partial charge on any atom is 0.304 e. The Hall–Kier alpha value is -1.21. The maximum absolute atomic E-state index is 11.0. The molecule has 0 aliphatic rings. The molecule has 2 aromatic heterocycles. The first-order chi connectivity index (χ1) is 8.67. The summed E-state index contributed by atoms with van der Waals surface area (Å²) in [7, 11) is 0. The molecule has 0 aromatic carbocycles. The van der Waals surface area contributed by atoms with Gasteiger partial charge in [-0.15, -0.1) is 0 Å². The predicted octanol–water partition coefficient (Wildman–Crippen LogP) is 2.55. The molecule has 2 rings (SSSR count). The van der Waals surface area contributed by atoms with Crippen LogP contribution >= 0.6 is 27.3 Å². The van der Waals surface area contributed by atoms with Crippen LogP contribution in [0.3, 0.4) is 0 Å². The molecule has 2 aromatic rings. The van der Waals surface area contributed by atoms with E-state index in [-0.39, 0.29) is 4.87 Å². The van der Waals surface area contributed by atoms with Crippen LogP contribution in [0, 0.1) is 0 Å². The highest BCUT2D eigenvalue weighted by Gasteiger charge is 2.03. The third kappa shape index (κ3) is 3.64. The van der Waals surface area contributed by atoms with Crippen molar-refractivity contribution in [3.05, 3.63) is 37.2 Å². The monoisotopic (exact) mass is 328 g/mol. The fraction of sp³-hybridized carbons (Fsp3) is 0.364. The third-order valence-corrected chi connectivity index (χ3v) is 3.37. The zero-order chi connectivity index (χ0) is 13.0. The summed E-state index contributed by atoms with van der Waals surface area (Å²) in [5, 5.41) is 4.97. The third-order valence-electron chi connectivity index (χ3n) is 2.25. The number of aromatic amines is 1. The van der Waals surface area contributed by atoms with Crippen LogP contribution in [0.4, 0.5) is 5.82 Å². The van der Waals surface area contributed by atoms with Crippen molar-refractivity contribution in [3.63, 3.8) is 0 Å². The molecule has 0 unspecified atom stereocenters. The van der Waals surface area contributed by atoms with Crippen molar-refractivity contribution in [2.75, 3.05) is 5.32 Å². The van der Waals surface area contributed by atoms with Gasteiger partial charge in [0.15, 0.2) is 0 Å². The fourth-order valence-corrected chi connectivity index (χ4v) is 2.48. The standard InChI is InChI=1S/C11H13BrN4OS/c1-2-3-9-15-8(12)4-10(16-9)13-5-7-6-18-11(17)14-7/h4,6H,2-3,5H2,1H3,(H,14,17)(H,13,15,16). The van der Waals surface area contributed by atoms with Crippen LogP contribution in [0.2, 0.25) is 0 Å². The molecule has 18 heavy (non-hydrogen) atoms. The molecule has 0 saturated carbocycles. The molecule has 0 atom stereocenters. The summed E-state index contributed by atoms with van der Waals surface area (Å²) in [6, 6.07) is 1.82. The van der Waals surface area contributed by atoms with Gasteiger partial charge in [-0.3, -0.25) is 4.79 Å². The average Bonchev–Trinajstić information content (AvgIpc) is 2.72. The van der Waals surface area contributed by atoms with E-state index < -0.39 is 0 Å². The number of hydrogen-bond acceptors (Lipinski definition) is 5. The maximum atomic E-state index is 11.0. The normalized spacial score (nSPS) is 10.6. The number of rotatable bonds is 5. The molecule has 0 aliphatic carbocycles. The van der Waals surface area contributed by atoms with Crippen molar-refractivity contribution in [1.29, 1.82) is 0 Å². The summed E-state index contributed by atoms with van der Waals surface area (Å²) >= 11 is 4.53. The van der Waals surface area contributed by atoms with Crippen LogP contribution in [0.25, 0.3) is 0 Å². The van der Waals surface area contributed by atoms with E-state index in [1.807, 2.05) is 6.07 Å². The first-order valence-corrected chi connectivity index (χ1v) is 7.28. The van der Waals surface area contributed by atoms with Crippen LogP contribution in [0.1, 0.15) is 24.9 Å². The second kappa shape index (κ2) is 6.10. The largest absolute Gasteiger partial charge is 0.364 e. The summed E-state index contributed by atoms with van der Waals surface area (Å²) < 4.78 is 0.766. The van der Waals surface area contributed by atoms with Crippen LogP contribution < -0.4 is 10.2 Å². The Bertz CT molecular complexity index is 580. The van der Waals surface area contributed by atoms with Crippen LogP contribution in [0.15, 0.2) is 20.8 Å². The SMILES string of the molecule is CCCc1nc(Br)cc(NCc2csc(=O)[nH]2)n1. The van der Waals surface area contributed by atoms with Gasteiger partial charge >= 0.3 is 4.87 Å². The molecular weight excluding hydrogens is 316 g/mol. The molecule has 0 fully saturated rings. The number of H-pyrrole nitrogens is 1. The van der Waals surface area contributed by atoms with Crippen LogP contribution in [-0.4, -0.2) is 15.0 Å². The number of halogens is 1. The smallest absolute Gasteiger partial charge is 0.304 e. The van der Waals surface area contributed by atoms with E-state index in [1.54, 1.807) is 5.38 Å². The highest BCUT2D eigenvalue weighted by atomic mass is 79.9.